The minimum absolute atomic E-state index is 0.0853. The first kappa shape index (κ1) is 19.8. The van der Waals surface area contributed by atoms with Gasteiger partial charge < -0.3 is 33.6 Å². The van der Waals surface area contributed by atoms with Crippen LogP contribution < -0.4 is 33.6 Å². The second-order valence-corrected chi connectivity index (χ2v) is 4.94. The van der Waals surface area contributed by atoms with E-state index in [1.54, 1.807) is 6.29 Å². The highest BCUT2D eigenvalue weighted by molar-refractivity contribution is 5.87. The molecular weight excluding hydrogens is 288 g/mol. The Bertz CT molecular complexity index is 401. The number of hydrogen-bond acceptors (Lipinski definition) is 6. The Morgan fingerprint density at radius 2 is 1.73 bits per heavy atom. The Morgan fingerprint density at radius 1 is 1.14 bits per heavy atom. The van der Waals surface area contributed by atoms with E-state index < -0.39 is 18.0 Å². The highest BCUT2D eigenvalue weighted by atomic mass is 16.1. The van der Waals surface area contributed by atoms with Crippen molar-refractivity contribution in [3.63, 3.8) is 0 Å². The van der Waals surface area contributed by atoms with Gasteiger partial charge in [0.25, 0.3) is 0 Å². The van der Waals surface area contributed by atoms with Gasteiger partial charge in [-0.25, -0.2) is 0 Å². The average Bonchev–Trinajstić information content (AvgIpc) is 2.46. The van der Waals surface area contributed by atoms with E-state index in [0.717, 1.165) is 0 Å². The molecule has 10 heteroatoms. The van der Waals surface area contributed by atoms with Gasteiger partial charge in [-0.15, -0.1) is 0 Å². The number of rotatable bonds is 11. The summed E-state index contributed by atoms with van der Waals surface area (Å²) in [6.45, 7) is 0.525. The van der Waals surface area contributed by atoms with Gasteiger partial charge in [0.05, 0.1) is 12.1 Å². The topological polar surface area (TPSA) is 210 Å². The molecule has 0 aliphatic heterocycles. The van der Waals surface area contributed by atoms with Gasteiger partial charge in [0, 0.05) is 19.0 Å². The van der Waals surface area contributed by atoms with Crippen molar-refractivity contribution in [3.05, 3.63) is 0 Å². The van der Waals surface area contributed by atoms with Crippen LogP contribution in [-0.4, -0.2) is 49.2 Å². The van der Waals surface area contributed by atoms with Gasteiger partial charge >= 0.3 is 0 Å². The SMILES string of the molecule is N=C(N)NCCC[C@H](N)C(=O)C(CNC(=N)N)C[C@@H](N)[C]=O. The molecule has 125 valence electrons. The third-order valence-corrected chi connectivity index (χ3v) is 3.00. The molecule has 0 fully saturated rings. The van der Waals surface area contributed by atoms with E-state index in [1.807, 2.05) is 0 Å². The molecule has 0 aromatic rings. The number of carbonyl (C=O) groups is 1. The summed E-state index contributed by atoms with van der Waals surface area (Å²) < 4.78 is 0. The molecule has 0 aliphatic carbocycles. The fourth-order valence-corrected chi connectivity index (χ4v) is 1.88. The molecule has 0 saturated carbocycles. The summed E-state index contributed by atoms with van der Waals surface area (Å²) >= 11 is 0. The average molecular weight is 313 g/mol. The number of hydrogen-bond donors (Lipinski definition) is 8. The smallest absolute Gasteiger partial charge is 0.216 e. The van der Waals surface area contributed by atoms with Crippen LogP contribution in [0.4, 0.5) is 0 Å². The van der Waals surface area contributed by atoms with Crippen LogP contribution in [0.2, 0.25) is 0 Å². The van der Waals surface area contributed by atoms with Crippen molar-refractivity contribution in [3.8, 4) is 0 Å². The van der Waals surface area contributed by atoms with Crippen LogP contribution in [0.25, 0.3) is 0 Å². The monoisotopic (exact) mass is 313 g/mol. The zero-order chi connectivity index (χ0) is 17.1. The predicted octanol–water partition coefficient (Wildman–Crippen LogP) is -2.93. The van der Waals surface area contributed by atoms with Gasteiger partial charge in [0.2, 0.25) is 6.29 Å². The summed E-state index contributed by atoms with van der Waals surface area (Å²) in [6.07, 6.45) is 2.66. The summed E-state index contributed by atoms with van der Waals surface area (Å²) in [4.78, 5) is 22.8. The Balaban J connectivity index is 4.47. The van der Waals surface area contributed by atoms with Crippen molar-refractivity contribution in [2.75, 3.05) is 13.1 Å². The Hall–Kier alpha value is -2.20. The van der Waals surface area contributed by atoms with Gasteiger partial charge in [-0.3, -0.25) is 20.4 Å². The number of nitrogens with one attached hydrogen (secondary N) is 4. The van der Waals surface area contributed by atoms with Crippen LogP contribution in [0.1, 0.15) is 19.3 Å². The van der Waals surface area contributed by atoms with Crippen LogP contribution in [0.15, 0.2) is 0 Å². The lowest BCUT2D eigenvalue weighted by atomic mass is 9.90. The maximum absolute atomic E-state index is 12.3. The quantitative estimate of drug-likeness (QED) is 0.112. The molecule has 0 aromatic carbocycles. The number of carbonyl (C=O) groups excluding carboxylic acids is 2. The fourth-order valence-electron chi connectivity index (χ4n) is 1.88. The van der Waals surface area contributed by atoms with E-state index in [-0.39, 0.29) is 30.7 Å². The minimum atomic E-state index is -0.894. The second-order valence-electron chi connectivity index (χ2n) is 4.94. The lowest BCUT2D eigenvalue weighted by molar-refractivity contribution is -0.124. The van der Waals surface area contributed by atoms with Gasteiger partial charge in [0.15, 0.2) is 17.7 Å². The fraction of sp³-hybridized carbons (Fsp3) is 0.667. The summed E-state index contributed by atoms with van der Waals surface area (Å²) in [7, 11) is 0. The molecule has 1 unspecified atom stereocenters. The molecular formula is C12H25N8O2. The van der Waals surface area contributed by atoms with Crippen LogP contribution in [0.3, 0.4) is 0 Å². The van der Waals surface area contributed by atoms with E-state index in [1.165, 1.54) is 0 Å². The maximum atomic E-state index is 12.3. The summed E-state index contributed by atoms with van der Waals surface area (Å²) in [5, 5.41) is 19.3. The molecule has 22 heavy (non-hydrogen) atoms. The number of guanidine groups is 2. The molecule has 12 N–H and O–H groups in total. The second kappa shape index (κ2) is 10.5. The molecule has 0 aromatic heterocycles. The van der Waals surface area contributed by atoms with Crippen molar-refractivity contribution in [2.24, 2.45) is 28.9 Å². The van der Waals surface area contributed by atoms with Crippen molar-refractivity contribution >= 4 is 24.0 Å². The predicted molar refractivity (Wildman–Crippen MR) is 83.8 cm³/mol. The van der Waals surface area contributed by atoms with Crippen LogP contribution >= 0.6 is 0 Å². The van der Waals surface area contributed by atoms with Crippen LogP contribution in [0.5, 0.6) is 0 Å². The Labute approximate surface area is 129 Å². The number of ketones is 1. The molecule has 0 spiro atoms. The largest absolute Gasteiger partial charge is 0.370 e. The van der Waals surface area contributed by atoms with E-state index in [9.17, 15) is 9.59 Å². The van der Waals surface area contributed by atoms with E-state index in [0.29, 0.717) is 19.4 Å². The molecule has 0 heterocycles. The molecule has 0 bridgehead atoms. The zero-order valence-electron chi connectivity index (χ0n) is 12.4. The van der Waals surface area contributed by atoms with Gasteiger partial charge in [-0.1, -0.05) is 0 Å². The highest BCUT2D eigenvalue weighted by Crippen LogP contribution is 2.10. The number of Topliss-reactive ketones (excluding diaryl/α,β-unsaturated/α-hetero) is 1. The first-order valence-electron chi connectivity index (χ1n) is 6.86. The third-order valence-electron chi connectivity index (χ3n) is 3.00. The van der Waals surface area contributed by atoms with Crippen molar-refractivity contribution in [1.82, 2.24) is 10.6 Å². The molecule has 10 nitrogen and oxygen atoms in total. The Morgan fingerprint density at radius 3 is 2.23 bits per heavy atom. The van der Waals surface area contributed by atoms with Gasteiger partial charge in [0.1, 0.15) is 0 Å². The standard InChI is InChI=1S/C12H25N8O2/c13-8(6-21)4-7(5-20-12(17)18)10(22)9(14)2-1-3-19-11(15)16/h7-9H,1-5,13-14H2,(H4,15,16,19)(H4,17,18,20)/t7?,8-,9+/m1/s1. The first-order chi connectivity index (χ1) is 10.3. The van der Waals surface area contributed by atoms with E-state index in [4.69, 9.17) is 33.8 Å². The summed E-state index contributed by atoms with van der Waals surface area (Å²) in [5.41, 5.74) is 21.7. The van der Waals surface area contributed by atoms with Crippen molar-refractivity contribution < 1.29 is 9.59 Å². The molecule has 0 amide bonds. The molecule has 0 aliphatic rings. The molecule has 0 saturated heterocycles. The van der Waals surface area contributed by atoms with Gasteiger partial charge in [-0.2, -0.15) is 0 Å². The molecule has 1 radical (unpaired) electrons. The lowest BCUT2D eigenvalue weighted by Gasteiger charge is -2.21. The minimum Gasteiger partial charge on any atom is -0.370 e. The highest BCUT2D eigenvalue weighted by Gasteiger charge is 2.26. The molecule has 0 rings (SSSR count). The van der Waals surface area contributed by atoms with Crippen LogP contribution in [0, 0.1) is 16.7 Å². The Kier molecular flexibility index (Phi) is 9.46. The van der Waals surface area contributed by atoms with Crippen molar-refractivity contribution in [2.45, 2.75) is 31.3 Å². The summed E-state index contributed by atoms with van der Waals surface area (Å²) in [6, 6.07) is -1.62. The van der Waals surface area contributed by atoms with Crippen molar-refractivity contribution in [1.29, 1.82) is 10.8 Å². The zero-order valence-corrected chi connectivity index (χ0v) is 12.4. The molecule has 3 atom stereocenters. The third kappa shape index (κ3) is 8.87. The van der Waals surface area contributed by atoms with E-state index in [2.05, 4.69) is 10.6 Å². The first-order valence-corrected chi connectivity index (χ1v) is 6.86. The summed E-state index contributed by atoms with van der Waals surface area (Å²) in [5.74, 6) is -1.31. The lowest BCUT2D eigenvalue weighted by Crippen LogP contribution is -2.45. The van der Waals surface area contributed by atoms with E-state index >= 15 is 0 Å². The maximum Gasteiger partial charge on any atom is 0.216 e. The normalized spacial score (nSPS) is 14.5. The van der Waals surface area contributed by atoms with Gasteiger partial charge in [-0.05, 0) is 19.3 Å². The number of nitrogens with two attached hydrogens (primary N) is 4. The van der Waals surface area contributed by atoms with Crippen LogP contribution in [-0.2, 0) is 9.59 Å².